The molecule has 0 saturated heterocycles. The molecule has 1 aromatic carbocycles. The Morgan fingerprint density at radius 1 is 1.44 bits per heavy atom. The van der Waals surface area contributed by atoms with E-state index < -0.39 is 5.82 Å². The van der Waals surface area contributed by atoms with Gasteiger partial charge < -0.3 is 15.4 Å². The Morgan fingerprint density at radius 2 is 2.17 bits per heavy atom. The molecule has 0 bridgehead atoms. The molecule has 1 amide bonds. The van der Waals surface area contributed by atoms with Crippen LogP contribution in [0.15, 0.2) is 18.2 Å². The molecule has 0 aliphatic heterocycles. The minimum absolute atomic E-state index is 0.149. The molecular weight excluding hydrogens is 235 g/mol. The predicted octanol–water partition coefficient (Wildman–Crippen LogP) is 2.02. The summed E-state index contributed by atoms with van der Waals surface area (Å²) in [5.74, 6) is -0.392. The van der Waals surface area contributed by atoms with Gasteiger partial charge in [-0.3, -0.25) is 4.79 Å². The molecule has 18 heavy (non-hydrogen) atoms. The lowest BCUT2D eigenvalue weighted by molar-refractivity contribution is -0.119. The Morgan fingerprint density at radius 3 is 2.78 bits per heavy atom. The van der Waals surface area contributed by atoms with Crippen molar-refractivity contribution in [2.75, 3.05) is 25.5 Å². The summed E-state index contributed by atoms with van der Waals surface area (Å²) in [4.78, 5) is 11.8. The van der Waals surface area contributed by atoms with Crippen LogP contribution in [0.5, 0.6) is 5.75 Å². The first kappa shape index (κ1) is 14.4. The number of methoxy groups -OCH3 is 1. The number of rotatable bonds is 6. The highest BCUT2D eigenvalue weighted by Crippen LogP contribution is 2.20. The van der Waals surface area contributed by atoms with Gasteiger partial charge >= 0.3 is 0 Å². The second-order valence-corrected chi connectivity index (χ2v) is 4.08. The molecule has 1 atom stereocenters. The van der Waals surface area contributed by atoms with Gasteiger partial charge in [-0.25, -0.2) is 4.39 Å². The van der Waals surface area contributed by atoms with Gasteiger partial charge in [-0.2, -0.15) is 0 Å². The smallest absolute Gasteiger partial charge is 0.228 e. The molecule has 0 heterocycles. The Balaban J connectivity index is 2.66. The van der Waals surface area contributed by atoms with Crippen LogP contribution in [0.1, 0.15) is 13.8 Å². The summed E-state index contributed by atoms with van der Waals surface area (Å²) >= 11 is 0. The molecule has 5 heteroatoms. The van der Waals surface area contributed by atoms with E-state index in [0.29, 0.717) is 18.0 Å². The van der Waals surface area contributed by atoms with Crippen molar-refractivity contribution in [3.63, 3.8) is 0 Å². The van der Waals surface area contributed by atoms with E-state index >= 15 is 0 Å². The Bertz CT molecular complexity index is 410. The van der Waals surface area contributed by atoms with Crippen molar-refractivity contribution in [1.29, 1.82) is 0 Å². The zero-order chi connectivity index (χ0) is 13.5. The third kappa shape index (κ3) is 4.33. The van der Waals surface area contributed by atoms with E-state index in [0.717, 1.165) is 6.54 Å². The summed E-state index contributed by atoms with van der Waals surface area (Å²) in [6.45, 7) is 5.19. The van der Waals surface area contributed by atoms with Gasteiger partial charge in [0, 0.05) is 30.3 Å². The molecule has 1 rings (SSSR count). The van der Waals surface area contributed by atoms with Crippen LogP contribution >= 0.6 is 0 Å². The van der Waals surface area contributed by atoms with E-state index in [4.69, 9.17) is 4.74 Å². The Kier molecular flexibility index (Phi) is 5.58. The summed E-state index contributed by atoms with van der Waals surface area (Å²) in [5, 5.41) is 5.76. The average molecular weight is 254 g/mol. The molecule has 1 unspecified atom stereocenters. The van der Waals surface area contributed by atoms with E-state index in [2.05, 4.69) is 10.6 Å². The van der Waals surface area contributed by atoms with Crippen molar-refractivity contribution in [2.24, 2.45) is 5.92 Å². The van der Waals surface area contributed by atoms with Gasteiger partial charge in [-0.05, 0) is 12.6 Å². The first-order valence-electron chi connectivity index (χ1n) is 5.93. The molecule has 0 aromatic heterocycles. The Hall–Kier alpha value is -1.62. The van der Waals surface area contributed by atoms with Crippen LogP contribution in [-0.4, -0.2) is 26.1 Å². The van der Waals surface area contributed by atoms with Gasteiger partial charge in [0.15, 0.2) is 0 Å². The molecule has 0 aliphatic rings. The number of benzene rings is 1. The van der Waals surface area contributed by atoms with Gasteiger partial charge in [-0.15, -0.1) is 0 Å². The van der Waals surface area contributed by atoms with Crippen LogP contribution in [0.4, 0.5) is 10.1 Å². The topological polar surface area (TPSA) is 50.4 Å². The van der Waals surface area contributed by atoms with Crippen LogP contribution < -0.4 is 15.4 Å². The molecule has 0 saturated carbocycles. The van der Waals surface area contributed by atoms with Gasteiger partial charge in [0.05, 0.1) is 7.11 Å². The zero-order valence-corrected chi connectivity index (χ0v) is 10.9. The monoisotopic (exact) mass is 254 g/mol. The number of halogens is 1. The standard InChI is InChI=1S/C13H19FN2O2/c1-4-15-8-9(2)13(17)16-11-5-10(14)6-12(7-11)18-3/h5-7,9,15H,4,8H2,1-3H3,(H,16,17). The number of nitrogens with one attached hydrogen (secondary N) is 2. The number of ether oxygens (including phenoxy) is 1. The van der Waals surface area contributed by atoms with E-state index in [1.54, 1.807) is 6.07 Å². The van der Waals surface area contributed by atoms with E-state index in [9.17, 15) is 9.18 Å². The van der Waals surface area contributed by atoms with Crippen molar-refractivity contribution in [1.82, 2.24) is 5.32 Å². The molecule has 4 nitrogen and oxygen atoms in total. The van der Waals surface area contributed by atoms with Crippen LogP contribution in [-0.2, 0) is 4.79 Å². The number of carbonyl (C=O) groups excluding carboxylic acids is 1. The summed E-state index contributed by atoms with van der Waals surface area (Å²) in [6, 6.07) is 4.11. The third-order valence-corrected chi connectivity index (χ3v) is 2.52. The fraction of sp³-hybridized carbons (Fsp3) is 0.462. The first-order valence-corrected chi connectivity index (χ1v) is 5.93. The lowest BCUT2D eigenvalue weighted by Gasteiger charge is -2.13. The third-order valence-electron chi connectivity index (χ3n) is 2.52. The summed E-state index contributed by atoms with van der Waals surface area (Å²) in [6.07, 6.45) is 0. The lowest BCUT2D eigenvalue weighted by Crippen LogP contribution is -2.30. The number of hydrogen-bond acceptors (Lipinski definition) is 3. The maximum atomic E-state index is 13.2. The number of anilines is 1. The maximum absolute atomic E-state index is 13.2. The van der Waals surface area contributed by atoms with Crippen LogP contribution in [0.3, 0.4) is 0 Å². The Labute approximate surface area is 107 Å². The lowest BCUT2D eigenvalue weighted by atomic mass is 10.1. The van der Waals surface area contributed by atoms with Crippen LogP contribution in [0.2, 0.25) is 0 Å². The maximum Gasteiger partial charge on any atom is 0.228 e. The minimum Gasteiger partial charge on any atom is -0.497 e. The van der Waals surface area contributed by atoms with Crippen molar-refractivity contribution >= 4 is 11.6 Å². The molecule has 0 fully saturated rings. The van der Waals surface area contributed by atoms with Crippen LogP contribution in [0.25, 0.3) is 0 Å². The molecular formula is C13H19FN2O2. The van der Waals surface area contributed by atoms with E-state index in [-0.39, 0.29) is 11.8 Å². The number of amides is 1. The normalized spacial score (nSPS) is 12.0. The van der Waals surface area contributed by atoms with Gasteiger partial charge in [0.2, 0.25) is 5.91 Å². The second kappa shape index (κ2) is 6.96. The largest absolute Gasteiger partial charge is 0.497 e. The second-order valence-electron chi connectivity index (χ2n) is 4.08. The fourth-order valence-corrected chi connectivity index (χ4v) is 1.47. The van der Waals surface area contributed by atoms with Crippen molar-refractivity contribution in [3.05, 3.63) is 24.0 Å². The molecule has 0 aliphatic carbocycles. The minimum atomic E-state index is -0.441. The fourth-order valence-electron chi connectivity index (χ4n) is 1.47. The molecule has 0 radical (unpaired) electrons. The highest BCUT2D eigenvalue weighted by molar-refractivity contribution is 5.92. The highest BCUT2D eigenvalue weighted by atomic mass is 19.1. The van der Waals surface area contributed by atoms with Gasteiger partial charge in [0.1, 0.15) is 11.6 Å². The first-order chi connectivity index (χ1) is 8.56. The summed E-state index contributed by atoms with van der Waals surface area (Å²) < 4.78 is 18.2. The van der Waals surface area contributed by atoms with Crippen LogP contribution in [0, 0.1) is 11.7 Å². The van der Waals surface area contributed by atoms with E-state index in [1.807, 2.05) is 13.8 Å². The molecule has 100 valence electrons. The predicted molar refractivity (Wildman–Crippen MR) is 69.3 cm³/mol. The zero-order valence-electron chi connectivity index (χ0n) is 10.9. The summed E-state index contributed by atoms with van der Waals surface area (Å²) in [7, 11) is 1.45. The number of hydrogen-bond donors (Lipinski definition) is 2. The van der Waals surface area contributed by atoms with E-state index in [1.165, 1.54) is 19.2 Å². The molecule has 1 aromatic rings. The molecule has 0 spiro atoms. The quantitative estimate of drug-likeness (QED) is 0.816. The number of carbonyl (C=O) groups is 1. The van der Waals surface area contributed by atoms with Crippen molar-refractivity contribution in [3.8, 4) is 5.75 Å². The van der Waals surface area contributed by atoms with Gasteiger partial charge in [-0.1, -0.05) is 13.8 Å². The SMILES string of the molecule is CCNCC(C)C(=O)Nc1cc(F)cc(OC)c1. The summed E-state index contributed by atoms with van der Waals surface area (Å²) in [5.41, 5.74) is 0.403. The highest BCUT2D eigenvalue weighted by Gasteiger charge is 2.13. The van der Waals surface area contributed by atoms with Crippen molar-refractivity contribution < 1.29 is 13.9 Å². The van der Waals surface area contributed by atoms with Gasteiger partial charge in [0.25, 0.3) is 0 Å². The molecule has 2 N–H and O–H groups in total. The van der Waals surface area contributed by atoms with Crippen molar-refractivity contribution in [2.45, 2.75) is 13.8 Å². The average Bonchev–Trinajstić information content (AvgIpc) is 2.34.